The molecule has 0 atom stereocenters. The summed E-state index contributed by atoms with van der Waals surface area (Å²) in [5.74, 6) is -0.491. The van der Waals surface area contributed by atoms with Gasteiger partial charge < -0.3 is 20.1 Å². The molecular formula is C19H13ClN2O4. The minimum atomic E-state index is -0.453. The molecule has 2 aromatic carbocycles. The van der Waals surface area contributed by atoms with E-state index >= 15 is 0 Å². The highest BCUT2D eigenvalue weighted by atomic mass is 35.5. The summed E-state index contributed by atoms with van der Waals surface area (Å²) in [5.41, 5.74) is 3.12. The summed E-state index contributed by atoms with van der Waals surface area (Å²) in [4.78, 5) is 12.4. The van der Waals surface area contributed by atoms with Crippen LogP contribution in [0.3, 0.4) is 0 Å². The molecule has 2 heterocycles. The summed E-state index contributed by atoms with van der Waals surface area (Å²) in [5, 5.41) is 26.9. The average Bonchev–Trinajstić information content (AvgIpc) is 3.17. The van der Waals surface area contributed by atoms with Crippen molar-refractivity contribution in [2.75, 3.05) is 5.32 Å². The fourth-order valence-corrected chi connectivity index (χ4v) is 3.16. The molecule has 26 heavy (non-hydrogen) atoms. The van der Waals surface area contributed by atoms with E-state index in [1.807, 2.05) is 0 Å². The number of hydrogen-bond acceptors (Lipinski definition) is 5. The molecule has 1 amide bonds. The van der Waals surface area contributed by atoms with E-state index in [0.29, 0.717) is 27.5 Å². The van der Waals surface area contributed by atoms with E-state index in [1.54, 1.807) is 49.4 Å². The van der Waals surface area contributed by atoms with Crippen LogP contribution in [0, 0.1) is 6.92 Å². The Kier molecular flexibility index (Phi) is 3.70. The molecule has 3 aromatic rings. The second kappa shape index (κ2) is 5.93. The molecule has 1 aromatic heterocycles. The van der Waals surface area contributed by atoms with E-state index in [9.17, 15) is 15.0 Å². The molecule has 0 aliphatic carbocycles. The molecule has 0 saturated heterocycles. The zero-order valence-electron chi connectivity index (χ0n) is 13.6. The number of hydrogen-bond donors (Lipinski definition) is 3. The summed E-state index contributed by atoms with van der Waals surface area (Å²) >= 11 is 6.36. The Bertz CT molecular complexity index is 1070. The number of aliphatic hydroxyl groups is 1. The van der Waals surface area contributed by atoms with E-state index in [-0.39, 0.29) is 22.8 Å². The zero-order chi connectivity index (χ0) is 18.4. The smallest absolute Gasteiger partial charge is 0.260 e. The molecule has 1 aliphatic heterocycles. The van der Waals surface area contributed by atoms with E-state index in [4.69, 9.17) is 16.1 Å². The summed E-state index contributed by atoms with van der Waals surface area (Å²) in [6, 6.07) is 11.4. The number of benzene rings is 2. The van der Waals surface area contributed by atoms with Gasteiger partial charge in [0, 0.05) is 17.2 Å². The first kappa shape index (κ1) is 16.2. The van der Waals surface area contributed by atoms with Crippen molar-refractivity contribution in [1.29, 1.82) is 0 Å². The summed E-state index contributed by atoms with van der Waals surface area (Å²) in [6.07, 6.45) is 0. The number of aliphatic hydroxyl groups excluding tert-OH is 1. The highest BCUT2D eigenvalue weighted by Gasteiger charge is 2.31. The Balaban J connectivity index is 1.90. The first-order chi connectivity index (χ1) is 12.4. The van der Waals surface area contributed by atoms with Crippen LogP contribution >= 0.6 is 11.6 Å². The van der Waals surface area contributed by atoms with Crippen molar-refractivity contribution in [1.82, 2.24) is 5.16 Å². The van der Waals surface area contributed by atoms with Crippen molar-refractivity contribution >= 4 is 34.5 Å². The lowest BCUT2D eigenvalue weighted by atomic mass is 9.98. The van der Waals surface area contributed by atoms with Gasteiger partial charge in [0.2, 0.25) is 5.76 Å². The van der Waals surface area contributed by atoms with Crippen LogP contribution in [0.1, 0.15) is 17.0 Å². The summed E-state index contributed by atoms with van der Waals surface area (Å²) < 4.78 is 5.06. The normalized spacial score (nSPS) is 14.9. The van der Waals surface area contributed by atoms with Gasteiger partial charge in [-0.05, 0) is 36.8 Å². The van der Waals surface area contributed by atoms with Crippen molar-refractivity contribution in [3.8, 4) is 16.9 Å². The van der Waals surface area contributed by atoms with E-state index in [1.165, 1.54) is 0 Å². The van der Waals surface area contributed by atoms with Gasteiger partial charge in [-0.1, -0.05) is 28.9 Å². The molecule has 0 bridgehead atoms. The largest absolute Gasteiger partial charge is 0.508 e. The number of carbonyl (C=O) groups excluding carboxylic acids is 1. The molecule has 0 fully saturated rings. The quantitative estimate of drug-likeness (QED) is 0.460. The monoisotopic (exact) mass is 368 g/mol. The van der Waals surface area contributed by atoms with Crippen molar-refractivity contribution in [3.63, 3.8) is 0 Å². The highest BCUT2D eigenvalue weighted by Crippen LogP contribution is 2.42. The van der Waals surface area contributed by atoms with Gasteiger partial charge >= 0.3 is 0 Å². The summed E-state index contributed by atoms with van der Waals surface area (Å²) in [7, 11) is 0. The van der Waals surface area contributed by atoms with E-state index in [0.717, 1.165) is 5.56 Å². The fourth-order valence-electron chi connectivity index (χ4n) is 2.89. The van der Waals surface area contributed by atoms with Gasteiger partial charge in [0.15, 0.2) is 5.76 Å². The molecule has 4 rings (SSSR count). The van der Waals surface area contributed by atoms with Gasteiger partial charge in [0.25, 0.3) is 5.91 Å². The maximum Gasteiger partial charge on any atom is 0.260 e. The number of phenols is 1. The standard InChI is InChI=1S/C19H13ClN2O4/c1-9-6-16(26-22-9)18(24)17-13-7-12(10-2-4-11(23)5-3-10)14(20)8-15(13)21-19(17)25/h2-8,23-24H,1H3,(H,21,25)/b18-17+. The van der Waals surface area contributed by atoms with Crippen LogP contribution in [-0.4, -0.2) is 21.3 Å². The van der Waals surface area contributed by atoms with Gasteiger partial charge in [0.1, 0.15) is 5.75 Å². The maximum atomic E-state index is 12.4. The predicted molar refractivity (Wildman–Crippen MR) is 97.9 cm³/mol. The number of nitrogens with one attached hydrogen (secondary N) is 1. The Morgan fingerprint density at radius 1 is 1.15 bits per heavy atom. The lowest BCUT2D eigenvalue weighted by molar-refractivity contribution is -0.110. The topological polar surface area (TPSA) is 95.6 Å². The number of carbonyl (C=O) groups is 1. The Morgan fingerprint density at radius 3 is 2.54 bits per heavy atom. The number of halogens is 1. The van der Waals surface area contributed by atoms with Crippen LogP contribution in [0.25, 0.3) is 22.5 Å². The van der Waals surface area contributed by atoms with Gasteiger partial charge in [-0.15, -0.1) is 0 Å². The average molecular weight is 369 g/mol. The van der Waals surface area contributed by atoms with Crippen LogP contribution < -0.4 is 5.32 Å². The third-order valence-electron chi connectivity index (χ3n) is 4.13. The molecule has 0 saturated carbocycles. The minimum absolute atomic E-state index is 0.0906. The Labute approximate surface area is 153 Å². The number of phenolic OH excluding ortho intramolecular Hbond substituents is 1. The second-order valence-electron chi connectivity index (χ2n) is 5.93. The predicted octanol–water partition coefficient (Wildman–Crippen LogP) is 4.39. The molecule has 0 radical (unpaired) electrons. The first-order valence-electron chi connectivity index (χ1n) is 7.75. The molecule has 0 unspecified atom stereocenters. The Morgan fingerprint density at radius 2 is 1.88 bits per heavy atom. The number of rotatable bonds is 2. The molecule has 6 nitrogen and oxygen atoms in total. The number of aromatic hydroxyl groups is 1. The van der Waals surface area contributed by atoms with Crippen LogP contribution in [0.5, 0.6) is 5.75 Å². The van der Waals surface area contributed by atoms with Crippen molar-refractivity contribution in [2.45, 2.75) is 6.92 Å². The minimum Gasteiger partial charge on any atom is -0.508 e. The lowest BCUT2D eigenvalue weighted by Gasteiger charge is -2.09. The van der Waals surface area contributed by atoms with E-state index < -0.39 is 5.91 Å². The number of aryl methyl sites for hydroxylation is 1. The highest BCUT2D eigenvalue weighted by molar-refractivity contribution is 6.38. The van der Waals surface area contributed by atoms with Gasteiger partial charge in [-0.2, -0.15) is 0 Å². The van der Waals surface area contributed by atoms with Crippen LogP contribution in [-0.2, 0) is 4.79 Å². The number of amides is 1. The van der Waals surface area contributed by atoms with Gasteiger partial charge in [-0.25, -0.2) is 0 Å². The van der Waals surface area contributed by atoms with Crippen molar-refractivity contribution in [2.24, 2.45) is 0 Å². The van der Waals surface area contributed by atoms with Gasteiger partial charge in [-0.3, -0.25) is 4.79 Å². The number of anilines is 1. The van der Waals surface area contributed by atoms with Crippen molar-refractivity contribution in [3.05, 3.63) is 64.5 Å². The summed E-state index contributed by atoms with van der Waals surface area (Å²) in [6.45, 7) is 1.72. The third kappa shape index (κ3) is 2.60. The third-order valence-corrected chi connectivity index (χ3v) is 4.44. The number of nitrogens with zero attached hydrogens (tertiary/aromatic N) is 1. The molecule has 3 N–H and O–H groups in total. The van der Waals surface area contributed by atoms with E-state index in [2.05, 4.69) is 10.5 Å². The van der Waals surface area contributed by atoms with Gasteiger partial charge in [0.05, 0.1) is 22.0 Å². The molecule has 130 valence electrons. The fraction of sp³-hybridized carbons (Fsp3) is 0.0526. The molecule has 1 aliphatic rings. The number of fused-ring (bicyclic) bond motifs is 1. The maximum absolute atomic E-state index is 12.4. The number of aromatic nitrogens is 1. The van der Waals surface area contributed by atoms with Crippen LogP contribution in [0.4, 0.5) is 5.69 Å². The molecular weight excluding hydrogens is 356 g/mol. The Hall–Kier alpha value is -3.25. The first-order valence-corrected chi connectivity index (χ1v) is 8.13. The van der Waals surface area contributed by atoms with Crippen LogP contribution in [0.15, 0.2) is 47.0 Å². The second-order valence-corrected chi connectivity index (χ2v) is 6.34. The lowest BCUT2D eigenvalue weighted by Crippen LogP contribution is -2.05. The molecule has 7 heteroatoms. The van der Waals surface area contributed by atoms with Crippen LogP contribution in [0.2, 0.25) is 5.02 Å². The van der Waals surface area contributed by atoms with Crippen molar-refractivity contribution < 1.29 is 19.5 Å². The zero-order valence-corrected chi connectivity index (χ0v) is 14.3. The molecule has 0 spiro atoms. The SMILES string of the molecule is Cc1cc(/C(O)=C2\C(=O)Nc3cc(Cl)c(-c4ccc(O)cc4)cc32)on1.